The largest absolute Gasteiger partial charge is 0.469 e. The van der Waals surface area contributed by atoms with Gasteiger partial charge >= 0.3 is 0 Å². The second kappa shape index (κ2) is 6.25. The maximum absolute atomic E-state index is 5.46. The average Bonchev–Trinajstić information content (AvgIpc) is 2.89. The molecule has 1 aromatic rings. The maximum Gasteiger partial charge on any atom is 0.105 e. The summed E-state index contributed by atoms with van der Waals surface area (Å²) in [6.45, 7) is 2.32. The van der Waals surface area contributed by atoms with E-state index in [9.17, 15) is 0 Å². The molecule has 2 rings (SSSR count). The Morgan fingerprint density at radius 2 is 2.12 bits per heavy atom. The lowest BCUT2D eigenvalue weighted by atomic mass is 9.77. The summed E-state index contributed by atoms with van der Waals surface area (Å²) >= 11 is 0. The van der Waals surface area contributed by atoms with Gasteiger partial charge in [-0.2, -0.15) is 0 Å². The highest BCUT2D eigenvalue weighted by molar-refractivity contribution is 5.01. The van der Waals surface area contributed by atoms with Gasteiger partial charge in [-0.3, -0.25) is 0 Å². The highest BCUT2D eigenvalue weighted by Crippen LogP contribution is 2.33. The maximum atomic E-state index is 5.46. The Labute approximate surface area is 105 Å². The van der Waals surface area contributed by atoms with Crippen molar-refractivity contribution in [2.45, 2.75) is 51.5 Å². The van der Waals surface area contributed by atoms with Gasteiger partial charge in [0.25, 0.3) is 0 Å². The zero-order valence-corrected chi connectivity index (χ0v) is 11.1. The van der Waals surface area contributed by atoms with E-state index in [0.717, 1.165) is 24.0 Å². The number of rotatable bonds is 5. The Bertz CT molecular complexity index is 299. The average molecular weight is 235 g/mol. The summed E-state index contributed by atoms with van der Waals surface area (Å²) in [4.78, 5) is 0. The fraction of sp³-hybridized carbons (Fsp3) is 0.733. The van der Waals surface area contributed by atoms with Crippen molar-refractivity contribution in [2.24, 2.45) is 11.8 Å². The third-order valence-electron chi connectivity index (χ3n) is 4.41. The van der Waals surface area contributed by atoms with Crippen LogP contribution in [-0.4, -0.2) is 13.1 Å². The van der Waals surface area contributed by atoms with E-state index in [-0.39, 0.29) is 0 Å². The molecule has 1 aliphatic carbocycles. The molecule has 1 aromatic heterocycles. The van der Waals surface area contributed by atoms with Gasteiger partial charge in [-0.1, -0.05) is 26.2 Å². The Kier molecular flexibility index (Phi) is 4.66. The lowest BCUT2D eigenvalue weighted by molar-refractivity contribution is 0.217. The van der Waals surface area contributed by atoms with Crippen LogP contribution in [0.2, 0.25) is 0 Å². The molecule has 0 aromatic carbocycles. The zero-order valence-electron chi connectivity index (χ0n) is 11.1. The van der Waals surface area contributed by atoms with Crippen molar-refractivity contribution in [2.75, 3.05) is 7.05 Å². The highest BCUT2D eigenvalue weighted by atomic mass is 16.3. The zero-order chi connectivity index (χ0) is 12.1. The molecule has 2 nitrogen and oxygen atoms in total. The van der Waals surface area contributed by atoms with Crippen LogP contribution in [0.1, 0.15) is 44.8 Å². The molecule has 2 heteroatoms. The van der Waals surface area contributed by atoms with Gasteiger partial charge in [0.05, 0.1) is 6.26 Å². The van der Waals surface area contributed by atoms with Crippen LogP contribution in [0.4, 0.5) is 0 Å². The minimum atomic E-state index is 0.582. The molecular weight excluding hydrogens is 210 g/mol. The first-order valence-electron chi connectivity index (χ1n) is 7.03. The van der Waals surface area contributed by atoms with E-state index in [2.05, 4.69) is 25.4 Å². The Balaban J connectivity index is 1.86. The molecular formula is C15H25NO. The molecule has 0 amide bonds. The van der Waals surface area contributed by atoms with E-state index in [0.29, 0.717) is 6.04 Å². The minimum absolute atomic E-state index is 0.582. The van der Waals surface area contributed by atoms with Crippen LogP contribution in [0, 0.1) is 11.8 Å². The Morgan fingerprint density at radius 1 is 1.35 bits per heavy atom. The molecule has 1 heterocycles. The lowest BCUT2D eigenvalue weighted by Crippen LogP contribution is -2.37. The molecule has 17 heavy (non-hydrogen) atoms. The molecule has 96 valence electrons. The lowest BCUT2D eigenvalue weighted by Gasteiger charge is -2.33. The third kappa shape index (κ3) is 3.35. The molecule has 0 saturated heterocycles. The van der Waals surface area contributed by atoms with Crippen molar-refractivity contribution in [1.82, 2.24) is 5.32 Å². The third-order valence-corrected chi connectivity index (χ3v) is 4.41. The van der Waals surface area contributed by atoms with Gasteiger partial charge in [0.2, 0.25) is 0 Å². The molecule has 0 aliphatic heterocycles. The number of furan rings is 1. The molecule has 0 bridgehead atoms. The number of nitrogens with one attached hydrogen (secondary N) is 1. The van der Waals surface area contributed by atoms with Gasteiger partial charge in [0.15, 0.2) is 0 Å². The second-order valence-electron chi connectivity index (χ2n) is 5.37. The normalized spacial score (nSPS) is 26.9. The molecule has 0 spiro atoms. The molecule has 1 unspecified atom stereocenters. The van der Waals surface area contributed by atoms with Crippen molar-refractivity contribution in [3.05, 3.63) is 24.2 Å². The Hall–Kier alpha value is -0.760. The summed E-state index contributed by atoms with van der Waals surface area (Å²) in [5.41, 5.74) is 0. The van der Waals surface area contributed by atoms with E-state index in [1.165, 1.54) is 32.1 Å². The fourth-order valence-corrected chi connectivity index (χ4v) is 3.15. The standard InChI is InChI=1S/C15H25NO/c1-3-12-6-8-13(9-7-12)15(16-2)11-14-5-4-10-17-14/h4-5,10,12-13,15-16H,3,6-9,11H2,1-2H3. The monoisotopic (exact) mass is 235 g/mol. The van der Waals surface area contributed by atoms with Crippen molar-refractivity contribution < 1.29 is 4.42 Å². The first kappa shape index (κ1) is 12.7. The van der Waals surface area contributed by atoms with E-state index < -0.39 is 0 Å². The smallest absolute Gasteiger partial charge is 0.105 e. The minimum Gasteiger partial charge on any atom is -0.469 e. The quantitative estimate of drug-likeness (QED) is 0.843. The van der Waals surface area contributed by atoms with Crippen LogP contribution in [0.5, 0.6) is 0 Å². The van der Waals surface area contributed by atoms with Crippen molar-refractivity contribution in [3.63, 3.8) is 0 Å². The topological polar surface area (TPSA) is 25.2 Å². The SMILES string of the molecule is CCC1CCC(C(Cc2ccco2)NC)CC1. The summed E-state index contributed by atoms with van der Waals surface area (Å²) in [5, 5.41) is 3.48. The summed E-state index contributed by atoms with van der Waals surface area (Å²) in [5.74, 6) is 2.92. The number of hydrogen-bond acceptors (Lipinski definition) is 2. The van der Waals surface area contributed by atoms with Gasteiger partial charge in [0.1, 0.15) is 5.76 Å². The van der Waals surface area contributed by atoms with Crippen molar-refractivity contribution in [3.8, 4) is 0 Å². The molecule has 1 saturated carbocycles. The predicted molar refractivity (Wildman–Crippen MR) is 71.0 cm³/mol. The summed E-state index contributed by atoms with van der Waals surface area (Å²) in [6, 6.07) is 4.65. The van der Waals surface area contributed by atoms with E-state index >= 15 is 0 Å². The van der Waals surface area contributed by atoms with Crippen LogP contribution in [-0.2, 0) is 6.42 Å². The van der Waals surface area contributed by atoms with Crippen LogP contribution in [0.25, 0.3) is 0 Å². The molecule has 1 N–H and O–H groups in total. The van der Waals surface area contributed by atoms with Gasteiger partial charge in [-0.05, 0) is 43.9 Å². The van der Waals surface area contributed by atoms with Crippen LogP contribution in [0.3, 0.4) is 0 Å². The molecule has 1 fully saturated rings. The van der Waals surface area contributed by atoms with E-state index in [4.69, 9.17) is 4.42 Å². The summed E-state index contributed by atoms with van der Waals surface area (Å²) in [7, 11) is 2.08. The first-order chi connectivity index (χ1) is 8.33. The second-order valence-corrected chi connectivity index (χ2v) is 5.37. The van der Waals surface area contributed by atoms with Crippen LogP contribution >= 0.6 is 0 Å². The van der Waals surface area contributed by atoms with E-state index in [1.54, 1.807) is 6.26 Å². The molecule has 1 aliphatic rings. The van der Waals surface area contributed by atoms with Crippen LogP contribution in [0.15, 0.2) is 22.8 Å². The highest BCUT2D eigenvalue weighted by Gasteiger charge is 2.26. The summed E-state index contributed by atoms with van der Waals surface area (Å²) < 4.78 is 5.46. The van der Waals surface area contributed by atoms with E-state index in [1.807, 2.05) is 6.07 Å². The van der Waals surface area contributed by atoms with Gasteiger partial charge in [-0.15, -0.1) is 0 Å². The number of hydrogen-bond donors (Lipinski definition) is 1. The fourth-order valence-electron chi connectivity index (χ4n) is 3.15. The van der Waals surface area contributed by atoms with Gasteiger partial charge < -0.3 is 9.73 Å². The first-order valence-corrected chi connectivity index (χ1v) is 7.03. The van der Waals surface area contributed by atoms with Gasteiger partial charge in [-0.25, -0.2) is 0 Å². The molecule has 1 atom stereocenters. The van der Waals surface area contributed by atoms with Crippen molar-refractivity contribution in [1.29, 1.82) is 0 Å². The van der Waals surface area contributed by atoms with Crippen LogP contribution < -0.4 is 5.32 Å². The summed E-state index contributed by atoms with van der Waals surface area (Å²) in [6.07, 6.45) is 9.75. The predicted octanol–water partition coefficient (Wildman–Crippen LogP) is 3.63. The number of likely N-dealkylation sites (N-methyl/N-ethyl adjacent to an activating group) is 1. The Morgan fingerprint density at radius 3 is 2.65 bits per heavy atom. The van der Waals surface area contributed by atoms with Crippen molar-refractivity contribution >= 4 is 0 Å². The van der Waals surface area contributed by atoms with Gasteiger partial charge in [0, 0.05) is 12.5 Å². The molecule has 0 radical (unpaired) electrons.